The van der Waals surface area contributed by atoms with Gasteiger partial charge in [0.2, 0.25) is 0 Å². The van der Waals surface area contributed by atoms with Gasteiger partial charge in [-0.2, -0.15) is 0 Å². The van der Waals surface area contributed by atoms with Crippen molar-refractivity contribution in [2.75, 3.05) is 13.2 Å². The molecule has 2 unspecified atom stereocenters. The highest BCUT2D eigenvalue weighted by Crippen LogP contribution is 2.56. The molecular formula is C66H64O2P2. The van der Waals surface area contributed by atoms with Gasteiger partial charge in [0.25, 0.3) is 0 Å². The van der Waals surface area contributed by atoms with Crippen molar-refractivity contribution in [2.24, 2.45) is 0 Å². The average Bonchev–Trinajstić information content (AvgIpc) is 4.17. The van der Waals surface area contributed by atoms with E-state index in [9.17, 15) is 0 Å². The first-order chi connectivity index (χ1) is 34.7. The maximum absolute atomic E-state index is 7.05. The van der Waals surface area contributed by atoms with Crippen LogP contribution in [0.5, 0.6) is 11.5 Å². The number of benzene rings is 7. The third-order valence-electron chi connectivity index (χ3n) is 13.1. The van der Waals surface area contributed by atoms with E-state index in [1.54, 1.807) is 0 Å². The van der Waals surface area contributed by atoms with Crippen LogP contribution in [0.25, 0.3) is 22.3 Å². The SMILES string of the molecule is CCCCCCOc1cc(-c2cccc(C(C3=C=CC=C3)P(c3ccccc3)c3ccccc3)c2)cc(OCCCCCC)c1-c1cccc(C(C2=C=CC=C2)P(c2ccccc2)c2ccccc2)c1. The lowest BCUT2D eigenvalue weighted by Gasteiger charge is -2.30. The van der Waals surface area contributed by atoms with E-state index < -0.39 is 15.8 Å². The zero-order valence-electron chi connectivity index (χ0n) is 40.7. The molecule has 9 rings (SSSR count). The van der Waals surface area contributed by atoms with Crippen LogP contribution in [0, 0.1) is 0 Å². The van der Waals surface area contributed by atoms with Gasteiger partial charge in [-0.3, -0.25) is 0 Å². The van der Waals surface area contributed by atoms with Gasteiger partial charge in [0, 0.05) is 22.5 Å². The molecule has 0 radical (unpaired) electrons. The van der Waals surface area contributed by atoms with Crippen LogP contribution in [-0.2, 0) is 0 Å². The summed E-state index contributed by atoms with van der Waals surface area (Å²) >= 11 is 0. The molecule has 70 heavy (non-hydrogen) atoms. The van der Waals surface area contributed by atoms with Gasteiger partial charge in [-0.05, 0) is 120 Å². The maximum atomic E-state index is 7.05. The second-order valence-electron chi connectivity index (χ2n) is 18.1. The minimum absolute atomic E-state index is 0.0680. The molecule has 2 aliphatic carbocycles. The standard InChI is InChI=1S/C66H64O2P2/c1-3-5-7-25-45-67-62-49-57(53-33-27-35-55(47-53)65(51-29-21-22-30-51)69(58-37-13-9-14-38-58)59-39-15-10-16-40-59)50-63(68-46-26-8-6-4-2)64(62)54-34-28-36-56(48-54)66(52-31-23-24-32-52)70(60-41-17-11-18-42-60)61-43-19-12-20-44-61/h9-24,27-29,31,33-44,47-50,65-66H,3-8,25-26,45-46H2,1-2H3. The quantitative estimate of drug-likeness (QED) is 0.0341. The van der Waals surface area contributed by atoms with Crippen molar-refractivity contribution in [1.29, 1.82) is 0 Å². The highest BCUT2D eigenvalue weighted by Gasteiger charge is 2.32. The Morgan fingerprint density at radius 1 is 0.400 bits per heavy atom. The molecule has 2 aliphatic rings. The van der Waals surface area contributed by atoms with Crippen molar-refractivity contribution >= 4 is 37.1 Å². The summed E-state index contributed by atoms with van der Waals surface area (Å²) in [5.74, 6) is 1.73. The summed E-state index contributed by atoms with van der Waals surface area (Å²) in [5, 5.41) is 5.37. The first kappa shape index (κ1) is 48.5. The molecule has 0 aliphatic heterocycles. The van der Waals surface area contributed by atoms with Crippen molar-refractivity contribution < 1.29 is 9.47 Å². The van der Waals surface area contributed by atoms with E-state index in [4.69, 9.17) is 9.47 Å². The second-order valence-corrected chi connectivity index (χ2v) is 22.6. The van der Waals surface area contributed by atoms with E-state index in [2.05, 4.69) is 244 Å². The molecule has 0 heterocycles. The molecule has 0 N–H and O–H groups in total. The molecule has 7 aromatic carbocycles. The van der Waals surface area contributed by atoms with E-state index in [1.165, 1.54) is 69.2 Å². The zero-order valence-corrected chi connectivity index (χ0v) is 42.5. The molecule has 0 saturated carbocycles. The lowest BCUT2D eigenvalue weighted by atomic mass is 9.94. The van der Waals surface area contributed by atoms with E-state index in [0.29, 0.717) is 13.2 Å². The van der Waals surface area contributed by atoms with E-state index in [0.717, 1.165) is 59.4 Å². The van der Waals surface area contributed by atoms with Gasteiger partial charge < -0.3 is 9.47 Å². The predicted octanol–water partition coefficient (Wildman–Crippen LogP) is 16.6. The smallest absolute Gasteiger partial charge is 0.131 e. The van der Waals surface area contributed by atoms with Crippen LogP contribution in [0.3, 0.4) is 0 Å². The van der Waals surface area contributed by atoms with Gasteiger partial charge in [-0.15, -0.1) is 11.5 Å². The number of allylic oxidation sites excluding steroid dienone is 6. The molecule has 7 aromatic rings. The molecule has 2 atom stereocenters. The second kappa shape index (κ2) is 24.9. The lowest BCUT2D eigenvalue weighted by Crippen LogP contribution is -2.18. The van der Waals surface area contributed by atoms with E-state index >= 15 is 0 Å². The molecule has 0 saturated heterocycles. The van der Waals surface area contributed by atoms with Crippen LogP contribution in [-0.4, -0.2) is 13.2 Å². The first-order valence-corrected chi connectivity index (χ1v) is 28.2. The van der Waals surface area contributed by atoms with E-state index in [1.807, 2.05) is 0 Å². The van der Waals surface area contributed by atoms with Gasteiger partial charge in [-0.1, -0.05) is 228 Å². The summed E-state index contributed by atoms with van der Waals surface area (Å²) in [7, 11) is -1.69. The van der Waals surface area contributed by atoms with Crippen LogP contribution >= 0.6 is 15.8 Å². The summed E-state index contributed by atoms with van der Waals surface area (Å²) in [6.07, 6.45) is 21.9. The first-order valence-electron chi connectivity index (χ1n) is 25.4. The van der Waals surface area contributed by atoms with Gasteiger partial charge in [-0.25, -0.2) is 0 Å². The normalized spacial score (nSPS) is 13.5. The average molecular weight is 951 g/mol. The molecule has 0 bridgehead atoms. The highest BCUT2D eigenvalue weighted by atomic mass is 31.1. The van der Waals surface area contributed by atoms with Crippen LogP contribution in [0.1, 0.15) is 87.7 Å². The summed E-state index contributed by atoms with van der Waals surface area (Å²) in [6.45, 7) is 5.80. The fourth-order valence-electron chi connectivity index (χ4n) is 9.66. The van der Waals surface area contributed by atoms with Gasteiger partial charge in [0.05, 0.1) is 18.8 Å². The largest absolute Gasteiger partial charge is 0.493 e. The molecule has 2 nitrogen and oxygen atoms in total. The number of ether oxygens (including phenoxy) is 2. The third kappa shape index (κ3) is 11.9. The van der Waals surface area contributed by atoms with Gasteiger partial charge in [0.1, 0.15) is 11.5 Å². The number of unbranched alkanes of at least 4 members (excludes halogenated alkanes) is 6. The van der Waals surface area contributed by atoms with Crippen LogP contribution in [0.4, 0.5) is 0 Å². The Morgan fingerprint density at radius 2 is 0.800 bits per heavy atom. The van der Waals surface area contributed by atoms with Crippen molar-refractivity contribution in [3.63, 3.8) is 0 Å². The molecular weight excluding hydrogens is 887 g/mol. The molecule has 0 aromatic heterocycles. The number of hydrogen-bond donors (Lipinski definition) is 0. The molecule has 0 amide bonds. The topological polar surface area (TPSA) is 18.5 Å². The van der Waals surface area contributed by atoms with Crippen LogP contribution in [0.2, 0.25) is 0 Å². The summed E-state index contributed by atoms with van der Waals surface area (Å²) in [4.78, 5) is 0. The summed E-state index contributed by atoms with van der Waals surface area (Å²) in [5.41, 5.74) is 16.7. The Bertz CT molecular complexity index is 2880. The van der Waals surface area contributed by atoms with Crippen LogP contribution < -0.4 is 30.7 Å². The van der Waals surface area contributed by atoms with Crippen LogP contribution in [0.15, 0.2) is 241 Å². The minimum Gasteiger partial charge on any atom is -0.493 e. The zero-order chi connectivity index (χ0) is 47.7. The van der Waals surface area contributed by atoms with Gasteiger partial charge >= 0.3 is 0 Å². The van der Waals surface area contributed by atoms with E-state index in [-0.39, 0.29) is 11.3 Å². The monoisotopic (exact) mass is 950 g/mol. The Hall–Kier alpha value is -6.48. The van der Waals surface area contributed by atoms with Gasteiger partial charge in [0.15, 0.2) is 0 Å². The third-order valence-corrected chi connectivity index (χ3v) is 18.7. The Balaban J connectivity index is 1.19. The molecule has 350 valence electrons. The summed E-state index contributed by atoms with van der Waals surface area (Å²) in [6, 6.07) is 67.2. The summed E-state index contributed by atoms with van der Waals surface area (Å²) < 4.78 is 14.1. The lowest BCUT2D eigenvalue weighted by molar-refractivity contribution is 0.293. The molecule has 4 heteroatoms. The Kier molecular flexibility index (Phi) is 17.3. The fraction of sp³-hybridized carbons (Fsp3) is 0.212. The highest BCUT2D eigenvalue weighted by molar-refractivity contribution is 7.74. The van der Waals surface area contributed by atoms with Crippen molar-refractivity contribution in [2.45, 2.75) is 76.5 Å². The number of rotatable bonds is 24. The van der Waals surface area contributed by atoms with Crippen molar-refractivity contribution in [3.8, 4) is 33.8 Å². The maximum Gasteiger partial charge on any atom is 0.131 e. The predicted molar refractivity (Wildman–Crippen MR) is 302 cm³/mol. The Morgan fingerprint density at radius 3 is 1.19 bits per heavy atom. The Labute approximate surface area is 420 Å². The molecule has 0 fully saturated rings. The number of hydrogen-bond acceptors (Lipinski definition) is 2. The fourth-order valence-corrected chi connectivity index (χ4v) is 15.2. The molecule has 0 spiro atoms. The minimum atomic E-state index is -0.856. The van der Waals surface area contributed by atoms with Crippen molar-refractivity contribution in [3.05, 3.63) is 252 Å². The van der Waals surface area contributed by atoms with Crippen molar-refractivity contribution in [1.82, 2.24) is 0 Å².